The van der Waals surface area contributed by atoms with E-state index >= 15 is 0 Å². The number of imidazole rings is 1. The monoisotopic (exact) mass is 319 g/mol. The summed E-state index contributed by atoms with van der Waals surface area (Å²) in [5.41, 5.74) is 3.68. The molecular formula is C16H15Cl2N3. The van der Waals surface area contributed by atoms with Gasteiger partial charge in [0.2, 0.25) is 0 Å². The maximum absolute atomic E-state index is 6.28. The number of aromatic nitrogens is 3. The van der Waals surface area contributed by atoms with Gasteiger partial charge in [-0.05, 0) is 37.6 Å². The van der Waals surface area contributed by atoms with Gasteiger partial charge in [0, 0.05) is 10.7 Å². The molecule has 0 aliphatic heterocycles. The molecule has 1 aromatic carbocycles. The molecule has 1 unspecified atom stereocenters. The lowest BCUT2D eigenvalue weighted by Crippen LogP contribution is -2.07. The van der Waals surface area contributed by atoms with Gasteiger partial charge in [0.05, 0.1) is 11.9 Å². The zero-order valence-electron chi connectivity index (χ0n) is 11.8. The zero-order valence-corrected chi connectivity index (χ0v) is 13.4. The quantitative estimate of drug-likeness (QED) is 0.653. The van der Waals surface area contributed by atoms with E-state index in [0.29, 0.717) is 6.54 Å². The molecule has 0 bridgehead atoms. The molecular weight excluding hydrogens is 305 g/mol. The second-order valence-corrected chi connectivity index (χ2v) is 6.12. The van der Waals surface area contributed by atoms with Crippen molar-refractivity contribution in [3.63, 3.8) is 0 Å². The van der Waals surface area contributed by atoms with Crippen molar-refractivity contribution in [3.05, 3.63) is 58.5 Å². The van der Waals surface area contributed by atoms with Crippen molar-refractivity contribution in [1.82, 2.24) is 14.5 Å². The van der Waals surface area contributed by atoms with E-state index in [4.69, 9.17) is 23.2 Å². The molecule has 2 aromatic heterocycles. The number of alkyl halides is 1. The van der Waals surface area contributed by atoms with Crippen LogP contribution < -0.4 is 0 Å². The number of benzene rings is 1. The maximum atomic E-state index is 6.28. The Kier molecular flexibility index (Phi) is 3.87. The topological polar surface area (TPSA) is 30.7 Å². The summed E-state index contributed by atoms with van der Waals surface area (Å²) in [6.45, 7) is 4.49. The van der Waals surface area contributed by atoms with Crippen LogP contribution in [0.5, 0.6) is 0 Å². The Bertz CT molecular complexity index is 793. The molecule has 0 radical (unpaired) electrons. The molecule has 3 rings (SSSR count). The highest BCUT2D eigenvalue weighted by atomic mass is 35.5. The summed E-state index contributed by atoms with van der Waals surface area (Å²) in [6, 6.07) is 11.7. The van der Waals surface area contributed by atoms with Gasteiger partial charge in [-0.3, -0.25) is 0 Å². The van der Waals surface area contributed by atoms with Crippen molar-refractivity contribution < 1.29 is 0 Å². The van der Waals surface area contributed by atoms with Gasteiger partial charge in [-0.1, -0.05) is 29.8 Å². The minimum atomic E-state index is -0.193. The first kappa shape index (κ1) is 14.4. The van der Waals surface area contributed by atoms with Gasteiger partial charge in [0.25, 0.3) is 0 Å². The number of halogens is 2. The van der Waals surface area contributed by atoms with Crippen molar-refractivity contribution in [3.8, 4) is 0 Å². The van der Waals surface area contributed by atoms with Crippen molar-refractivity contribution in [2.24, 2.45) is 0 Å². The van der Waals surface area contributed by atoms with Crippen LogP contribution in [0.4, 0.5) is 0 Å². The second-order valence-electron chi connectivity index (χ2n) is 5.06. The summed E-state index contributed by atoms with van der Waals surface area (Å²) in [5.74, 6) is 0.810. The van der Waals surface area contributed by atoms with Crippen LogP contribution in [0, 0.1) is 6.92 Å². The largest absolute Gasteiger partial charge is 0.307 e. The molecule has 0 aliphatic carbocycles. The SMILES string of the molecule is Cc1ccc2nc(C(C)Cl)n(Cc3ccccc3Cl)c2n1. The van der Waals surface area contributed by atoms with E-state index in [1.54, 1.807) is 0 Å². The van der Waals surface area contributed by atoms with Crippen LogP contribution in [0.15, 0.2) is 36.4 Å². The van der Waals surface area contributed by atoms with Crippen LogP contribution in [0.2, 0.25) is 5.02 Å². The Morgan fingerprint density at radius 1 is 1.14 bits per heavy atom. The number of aryl methyl sites for hydroxylation is 1. The molecule has 108 valence electrons. The minimum absolute atomic E-state index is 0.193. The smallest absolute Gasteiger partial charge is 0.160 e. The van der Waals surface area contributed by atoms with Crippen LogP contribution in [-0.4, -0.2) is 14.5 Å². The predicted molar refractivity (Wildman–Crippen MR) is 87.1 cm³/mol. The van der Waals surface area contributed by atoms with Crippen molar-refractivity contribution in [2.45, 2.75) is 25.8 Å². The summed E-state index contributed by atoms with van der Waals surface area (Å²) < 4.78 is 2.04. The Balaban J connectivity index is 2.17. The Morgan fingerprint density at radius 3 is 2.62 bits per heavy atom. The van der Waals surface area contributed by atoms with E-state index in [1.165, 1.54) is 0 Å². The number of rotatable bonds is 3. The lowest BCUT2D eigenvalue weighted by Gasteiger charge is -2.11. The van der Waals surface area contributed by atoms with Crippen molar-refractivity contribution in [2.75, 3.05) is 0 Å². The normalized spacial score (nSPS) is 12.8. The summed E-state index contributed by atoms with van der Waals surface area (Å²) >= 11 is 12.5. The Hall–Kier alpha value is -1.58. The number of nitrogens with zero attached hydrogens (tertiary/aromatic N) is 3. The van der Waals surface area contributed by atoms with Crippen LogP contribution in [-0.2, 0) is 6.54 Å². The third kappa shape index (κ3) is 2.76. The van der Waals surface area contributed by atoms with Crippen LogP contribution in [0.25, 0.3) is 11.2 Å². The molecule has 0 fully saturated rings. The molecule has 5 heteroatoms. The van der Waals surface area contributed by atoms with E-state index in [9.17, 15) is 0 Å². The molecule has 0 saturated carbocycles. The third-order valence-corrected chi connectivity index (χ3v) is 3.97. The van der Waals surface area contributed by atoms with Gasteiger partial charge >= 0.3 is 0 Å². The van der Waals surface area contributed by atoms with E-state index in [0.717, 1.165) is 33.3 Å². The molecule has 0 saturated heterocycles. The van der Waals surface area contributed by atoms with E-state index < -0.39 is 0 Å². The van der Waals surface area contributed by atoms with Gasteiger partial charge in [-0.25, -0.2) is 9.97 Å². The molecule has 2 heterocycles. The fourth-order valence-corrected chi connectivity index (χ4v) is 2.73. The molecule has 0 spiro atoms. The van der Waals surface area contributed by atoms with Crippen molar-refractivity contribution in [1.29, 1.82) is 0 Å². The van der Waals surface area contributed by atoms with Crippen LogP contribution >= 0.6 is 23.2 Å². The number of hydrogen-bond acceptors (Lipinski definition) is 2. The van der Waals surface area contributed by atoms with Gasteiger partial charge in [-0.15, -0.1) is 11.6 Å². The highest BCUT2D eigenvalue weighted by Gasteiger charge is 2.17. The second kappa shape index (κ2) is 5.66. The maximum Gasteiger partial charge on any atom is 0.160 e. The van der Waals surface area contributed by atoms with Gasteiger partial charge in [0.15, 0.2) is 5.65 Å². The standard InChI is InChI=1S/C16H15Cl2N3/c1-10-7-8-14-16(19-10)21(15(20-14)11(2)17)9-12-5-3-4-6-13(12)18/h3-8,11H,9H2,1-2H3. The van der Waals surface area contributed by atoms with Crippen LogP contribution in [0.1, 0.15) is 29.4 Å². The first-order valence-electron chi connectivity index (χ1n) is 6.77. The number of pyridine rings is 1. The average Bonchev–Trinajstić information content (AvgIpc) is 2.80. The summed E-state index contributed by atoms with van der Waals surface area (Å²) in [6.07, 6.45) is 0. The molecule has 3 aromatic rings. The lowest BCUT2D eigenvalue weighted by molar-refractivity contribution is 0.735. The molecule has 1 atom stereocenters. The minimum Gasteiger partial charge on any atom is -0.307 e. The molecule has 21 heavy (non-hydrogen) atoms. The molecule has 0 amide bonds. The average molecular weight is 320 g/mol. The zero-order chi connectivity index (χ0) is 15.0. The summed E-state index contributed by atoms with van der Waals surface area (Å²) in [4.78, 5) is 9.21. The van der Waals surface area contributed by atoms with Crippen molar-refractivity contribution >= 4 is 34.4 Å². The van der Waals surface area contributed by atoms with E-state index in [1.807, 2.05) is 54.8 Å². The Labute approximate surface area is 133 Å². The van der Waals surface area contributed by atoms with Gasteiger partial charge in [-0.2, -0.15) is 0 Å². The number of hydrogen-bond donors (Lipinski definition) is 0. The fraction of sp³-hybridized carbons (Fsp3) is 0.250. The highest BCUT2D eigenvalue weighted by molar-refractivity contribution is 6.31. The van der Waals surface area contributed by atoms with Gasteiger partial charge < -0.3 is 4.57 Å². The third-order valence-electron chi connectivity index (χ3n) is 3.40. The number of fused-ring (bicyclic) bond motifs is 1. The highest BCUT2D eigenvalue weighted by Crippen LogP contribution is 2.26. The van der Waals surface area contributed by atoms with E-state index in [2.05, 4.69) is 9.97 Å². The Morgan fingerprint density at radius 2 is 1.90 bits per heavy atom. The first-order chi connectivity index (χ1) is 10.1. The lowest BCUT2D eigenvalue weighted by atomic mass is 10.2. The summed E-state index contributed by atoms with van der Waals surface area (Å²) in [5, 5.41) is 0.544. The predicted octanol–water partition coefficient (Wildman–Crippen LogP) is 4.74. The van der Waals surface area contributed by atoms with E-state index in [-0.39, 0.29) is 5.38 Å². The van der Waals surface area contributed by atoms with Gasteiger partial charge in [0.1, 0.15) is 11.3 Å². The van der Waals surface area contributed by atoms with Crippen LogP contribution in [0.3, 0.4) is 0 Å². The molecule has 3 nitrogen and oxygen atoms in total. The molecule has 0 aliphatic rings. The first-order valence-corrected chi connectivity index (χ1v) is 7.59. The fourth-order valence-electron chi connectivity index (χ4n) is 2.37. The molecule has 0 N–H and O–H groups in total. The summed E-state index contributed by atoms with van der Waals surface area (Å²) in [7, 11) is 0.